The molecule has 0 radical (unpaired) electrons. The van der Waals surface area contributed by atoms with E-state index in [2.05, 4.69) is 15.5 Å². The Hall–Kier alpha value is -1.47. The molecule has 1 saturated heterocycles. The average molecular weight is 252 g/mol. The molecule has 6 nitrogen and oxygen atoms in total. The molecule has 90 valence electrons. The summed E-state index contributed by atoms with van der Waals surface area (Å²) in [5.41, 5.74) is 0.729. The summed E-state index contributed by atoms with van der Waals surface area (Å²) in [5, 5.41) is 11.3. The predicted molar refractivity (Wildman–Crippen MR) is 62.4 cm³/mol. The summed E-state index contributed by atoms with van der Waals surface area (Å²) >= 11 is 0. The number of fused-ring (bicyclic) bond motifs is 1. The molecule has 7 heteroatoms. The maximum Gasteiger partial charge on any atom is 0.160 e. The van der Waals surface area contributed by atoms with Crippen LogP contribution in [-0.2, 0) is 9.84 Å². The molecular weight excluding hydrogens is 240 g/mol. The lowest BCUT2D eigenvalue weighted by Crippen LogP contribution is -2.40. The van der Waals surface area contributed by atoms with Crippen LogP contribution in [0.3, 0.4) is 0 Å². The number of nitrogens with zero attached hydrogens (tertiary/aromatic N) is 3. The number of pyridine rings is 1. The Morgan fingerprint density at radius 2 is 2.24 bits per heavy atom. The van der Waals surface area contributed by atoms with Crippen LogP contribution >= 0.6 is 0 Å². The van der Waals surface area contributed by atoms with E-state index in [0.29, 0.717) is 12.4 Å². The summed E-state index contributed by atoms with van der Waals surface area (Å²) in [4.78, 5) is 0. The molecule has 0 amide bonds. The number of sulfone groups is 1. The maximum absolute atomic E-state index is 11.6. The highest BCUT2D eigenvalue weighted by atomic mass is 32.2. The smallest absolute Gasteiger partial charge is 0.160 e. The Kier molecular flexibility index (Phi) is 2.37. The summed E-state index contributed by atoms with van der Waals surface area (Å²) in [7, 11) is -2.97. The number of aromatic nitrogens is 3. The Balaban J connectivity index is 2.04. The van der Waals surface area contributed by atoms with Gasteiger partial charge in [-0.05, 0) is 12.1 Å². The monoisotopic (exact) mass is 252 g/mol. The second-order valence-electron chi connectivity index (χ2n) is 4.11. The lowest BCUT2D eigenvalue weighted by atomic mass is 10.3. The Bertz CT molecular complexity index is 649. The minimum atomic E-state index is -2.97. The van der Waals surface area contributed by atoms with Crippen molar-refractivity contribution >= 4 is 15.5 Å². The van der Waals surface area contributed by atoms with E-state index in [4.69, 9.17) is 0 Å². The van der Waals surface area contributed by atoms with Gasteiger partial charge in [0, 0.05) is 12.7 Å². The average Bonchev–Trinajstić information content (AvgIpc) is 2.71. The first-order chi connectivity index (χ1) is 8.16. The first-order valence-corrected chi connectivity index (χ1v) is 7.21. The van der Waals surface area contributed by atoms with Crippen molar-refractivity contribution in [2.75, 3.05) is 18.1 Å². The summed E-state index contributed by atoms with van der Waals surface area (Å²) < 4.78 is 25.0. The number of hydrogen-bond acceptors (Lipinski definition) is 5. The standard InChI is InChI=1S/C10H12N4O2S/c15-17(16)6-4-11-8(7-17)10-13-12-9-3-1-2-5-14(9)10/h1-3,5,8,11H,4,6-7H2. The molecule has 2 aromatic rings. The van der Waals surface area contributed by atoms with E-state index < -0.39 is 9.84 Å². The first kappa shape index (κ1) is 10.7. The van der Waals surface area contributed by atoms with Crippen molar-refractivity contribution in [2.24, 2.45) is 0 Å². The van der Waals surface area contributed by atoms with E-state index in [1.54, 1.807) is 0 Å². The molecule has 0 spiro atoms. The number of hydrogen-bond donors (Lipinski definition) is 1. The van der Waals surface area contributed by atoms with Crippen LogP contribution in [0, 0.1) is 0 Å². The van der Waals surface area contributed by atoms with Gasteiger partial charge in [-0.1, -0.05) is 6.07 Å². The van der Waals surface area contributed by atoms with Crippen LogP contribution in [0.25, 0.3) is 5.65 Å². The highest BCUT2D eigenvalue weighted by Crippen LogP contribution is 2.17. The Morgan fingerprint density at radius 1 is 1.35 bits per heavy atom. The normalized spacial score (nSPS) is 23.9. The van der Waals surface area contributed by atoms with Gasteiger partial charge < -0.3 is 5.32 Å². The first-order valence-electron chi connectivity index (χ1n) is 5.39. The van der Waals surface area contributed by atoms with Crippen LogP contribution in [0.2, 0.25) is 0 Å². The lowest BCUT2D eigenvalue weighted by Gasteiger charge is -2.22. The molecule has 0 saturated carbocycles. The largest absolute Gasteiger partial charge is 0.305 e. The molecule has 1 aliphatic heterocycles. The Labute approximate surface area is 98.6 Å². The summed E-state index contributed by atoms with van der Waals surface area (Å²) in [6, 6.07) is 5.32. The molecule has 1 unspecified atom stereocenters. The van der Waals surface area contributed by atoms with Gasteiger partial charge in [0.2, 0.25) is 0 Å². The number of rotatable bonds is 1. The predicted octanol–water partition coefficient (Wildman–Crippen LogP) is -0.212. The molecule has 1 N–H and O–H groups in total. The van der Waals surface area contributed by atoms with Crippen LogP contribution in [0.5, 0.6) is 0 Å². The topological polar surface area (TPSA) is 76.4 Å². The number of nitrogens with one attached hydrogen (secondary N) is 1. The summed E-state index contributed by atoms with van der Waals surface area (Å²) in [6.07, 6.45) is 1.84. The second-order valence-corrected chi connectivity index (χ2v) is 6.34. The molecular formula is C10H12N4O2S. The zero-order valence-corrected chi connectivity index (χ0v) is 9.89. The SMILES string of the molecule is O=S1(=O)CCNC(c2nnc3ccccn23)C1. The van der Waals surface area contributed by atoms with Gasteiger partial charge in [0.15, 0.2) is 21.3 Å². The quantitative estimate of drug-likeness (QED) is 0.760. The molecule has 1 aliphatic rings. The van der Waals surface area contributed by atoms with E-state index in [-0.39, 0.29) is 17.5 Å². The molecule has 17 heavy (non-hydrogen) atoms. The molecule has 3 rings (SSSR count). The zero-order valence-electron chi connectivity index (χ0n) is 9.07. The zero-order chi connectivity index (χ0) is 11.9. The van der Waals surface area contributed by atoms with E-state index in [0.717, 1.165) is 5.65 Å². The van der Waals surface area contributed by atoms with Gasteiger partial charge in [-0.25, -0.2) is 8.42 Å². The highest BCUT2D eigenvalue weighted by Gasteiger charge is 2.28. The molecule has 0 aromatic carbocycles. The van der Waals surface area contributed by atoms with Crippen molar-refractivity contribution in [1.82, 2.24) is 19.9 Å². The van der Waals surface area contributed by atoms with Gasteiger partial charge in [0.05, 0.1) is 17.5 Å². The minimum absolute atomic E-state index is 0.0860. The van der Waals surface area contributed by atoms with Crippen molar-refractivity contribution in [3.8, 4) is 0 Å². The maximum atomic E-state index is 11.6. The van der Waals surface area contributed by atoms with Gasteiger partial charge in [0.25, 0.3) is 0 Å². The van der Waals surface area contributed by atoms with Crippen molar-refractivity contribution in [1.29, 1.82) is 0 Å². The highest BCUT2D eigenvalue weighted by molar-refractivity contribution is 7.91. The van der Waals surface area contributed by atoms with Crippen LogP contribution in [0.4, 0.5) is 0 Å². The fourth-order valence-corrected chi connectivity index (χ4v) is 3.42. The van der Waals surface area contributed by atoms with E-state index >= 15 is 0 Å². The van der Waals surface area contributed by atoms with Crippen molar-refractivity contribution < 1.29 is 8.42 Å². The van der Waals surface area contributed by atoms with Crippen LogP contribution in [0.15, 0.2) is 24.4 Å². The van der Waals surface area contributed by atoms with Crippen LogP contribution < -0.4 is 5.32 Å². The van der Waals surface area contributed by atoms with Crippen molar-refractivity contribution in [3.05, 3.63) is 30.2 Å². The molecule has 3 heterocycles. The molecule has 1 fully saturated rings. The Morgan fingerprint density at radius 3 is 3.06 bits per heavy atom. The van der Waals surface area contributed by atoms with Crippen LogP contribution in [0.1, 0.15) is 11.9 Å². The van der Waals surface area contributed by atoms with Gasteiger partial charge >= 0.3 is 0 Å². The summed E-state index contributed by atoms with van der Waals surface area (Å²) in [6.45, 7) is 0.467. The minimum Gasteiger partial charge on any atom is -0.305 e. The summed E-state index contributed by atoms with van der Waals surface area (Å²) in [5.74, 6) is 0.937. The van der Waals surface area contributed by atoms with E-state index in [1.807, 2.05) is 28.8 Å². The third-order valence-corrected chi connectivity index (χ3v) is 4.54. The molecule has 0 aliphatic carbocycles. The fraction of sp³-hybridized carbons (Fsp3) is 0.400. The van der Waals surface area contributed by atoms with Gasteiger partial charge in [-0.15, -0.1) is 10.2 Å². The fourth-order valence-electron chi connectivity index (χ4n) is 2.05. The third-order valence-electron chi connectivity index (χ3n) is 2.88. The van der Waals surface area contributed by atoms with Gasteiger partial charge in [-0.2, -0.15) is 0 Å². The lowest BCUT2D eigenvalue weighted by molar-refractivity contribution is 0.512. The van der Waals surface area contributed by atoms with Gasteiger partial charge in [0.1, 0.15) is 0 Å². The molecule has 1 atom stereocenters. The second kappa shape index (κ2) is 3.78. The molecule has 0 bridgehead atoms. The van der Waals surface area contributed by atoms with Crippen LogP contribution in [-0.4, -0.2) is 41.1 Å². The third kappa shape index (κ3) is 1.91. The molecule has 2 aromatic heterocycles. The van der Waals surface area contributed by atoms with Crippen molar-refractivity contribution in [2.45, 2.75) is 6.04 Å². The van der Waals surface area contributed by atoms with E-state index in [9.17, 15) is 8.42 Å². The van der Waals surface area contributed by atoms with Crippen molar-refractivity contribution in [3.63, 3.8) is 0 Å². The van der Waals surface area contributed by atoms with Gasteiger partial charge in [-0.3, -0.25) is 4.40 Å². The van der Waals surface area contributed by atoms with E-state index in [1.165, 1.54) is 0 Å².